The van der Waals surface area contributed by atoms with Crippen molar-refractivity contribution in [2.75, 3.05) is 0 Å². The van der Waals surface area contributed by atoms with E-state index >= 15 is 0 Å². The van der Waals surface area contributed by atoms with Crippen LogP contribution in [0.4, 0.5) is 0 Å². The normalized spacial score (nSPS) is 11.4. The van der Waals surface area contributed by atoms with Gasteiger partial charge in [-0.05, 0) is 84.9 Å². The highest BCUT2D eigenvalue weighted by molar-refractivity contribution is 6.12. The zero-order chi connectivity index (χ0) is 34.6. The van der Waals surface area contributed by atoms with Gasteiger partial charge in [-0.3, -0.25) is 0 Å². The summed E-state index contributed by atoms with van der Waals surface area (Å²) in [6.07, 6.45) is 0. The Morgan fingerprint density at radius 2 is 0.769 bits per heavy atom. The van der Waals surface area contributed by atoms with Crippen LogP contribution in [0.25, 0.3) is 89.2 Å². The maximum atomic E-state index is 9.32. The molecule has 0 spiro atoms. The van der Waals surface area contributed by atoms with E-state index < -0.39 is 0 Å². The average molecular weight is 665 g/mol. The largest absolute Gasteiger partial charge is 0.309 e. The molecule has 0 saturated carbocycles. The Kier molecular flexibility index (Phi) is 6.76. The van der Waals surface area contributed by atoms with Gasteiger partial charge in [-0.1, -0.05) is 84.9 Å². The second kappa shape index (κ2) is 11.9. The first-order valence-electron chi connectivity index (χ1n) is 17.2. The molecule has 10 aromatic rings. The van der Waals surface area contributed by atoms with Crippen molar-refractivity contribution < 1.29 is 0 Å². The molecular weight excluding hydrogens is 637 g/mol. The highest BCUT2D eigenvalue weighted by atomic mass is 15.0. The first-order chi connectivity index (χ1) is 25.7. The van der Waals surface area contributed by atoms with Crippen molar-refractivity contribution in [2.24, 2.45) is 0 Å². The molecule has 0 atom stereocenters. The van der Waals surface area contributed by atoms with E-state index in [4.69, 9.17) is 15.0 Å². The number of benzene rings is 7. The zero-order valence-electron chi connectivity index (χ0n) is 27.8. The van der Waals surface area contributed by atoms with Crippen molar-refractivity contribution in [2.45, 2.75) is 0 Å². The van der Waals surface area contributed by atoms with Crippen molar-refractivity contribution in [3.05, 3.63) is 175 Å². The molecular formula is C46H28N6. The Hall–Kier alpha value is -7.36. The monoisotopic (exact) mass is 664 g/mol. The minimum Gasteiger partial charge on any atom is -0.309 e. The standard InChI is InChI=1S/C46H28N6/c47-29-30-18-20-32(21-19-30)45-48-44(31-10-2-1-3-11-31)49-46(50-45)33-22-24-34(25-23-33)51-42-17-9-6-14-38(42)39-28-35(26-27-43(39)51)52-40-15-7-4-12-36(40)37-13-5-8-16-41(37)52/h1-28H. The number of rotatable bonds is 5. The fraction of sp³-hybridized carbons (Fsp3) is 0. The number of hydrogen-bond acceptors (Lipinski definition) is 4. The van der Waals surface area contributed by atoms with Gasteiger partial charge in [0, 0.05) is 49.6 Å². The number of aromatic nitrogens is 5. The van der Waals surface area contributed by atoms with Crippen LogP contribution in [0.1, 0.15) is 5.56 Å². The Labute approximate surface area is 299 Å². The van der Waals surface area contributed by atoms with Crippen LogP contribution >= 0.6 is 0 Å². The fourth-order valence-corrected chi connectivity index (χ4v) is 7.38. The number of hydrogen-bond donors (Lipinski definition) is 0. The summed E-state index contributed by atoms with van der Waals surface area (Å²) in [5.41, 5.74) is 10.0. The molecule has 0 aliphatic heterocycles. The van der Waals surface area contributed by atoms with Crippen LogP contribution in [0, 0.1) is 11.3 Å². The van der Waals surface area contributed by atoms with Gasteiger partial charge >= 0.3 is 0 Å². The van der Waals surface area contributed by atoms with Crippen LogP contribution < -0.4 is 0 Å². The molecule has 0 aliphatic carbocycles. The van der Waals surface area contributed by atoms with Gasteiger partial charge in [-0.25, -0.2) is 15.0 Å². The number of fused-ring (bicyclic) bond motifs is 6. The molecule has 0 N–H and O–H groups in total. The van der Waals surface area contributed by atoms with Gasteiger partial charge in [0.05, 0.1) is 33.7 Å². The van der Waals surface area contributed by atoms with Gasteiger partial charge in [-0.2, -0.15) is 5.26 Å². The lowest BCUT2D eigenvalue weighted by Crippen LogP contribution is -2.00. The molecule has 6 nitrogen and oxygen atoms in total. The van der Waals surface area contributed by atoms with Crippen LogP contribution in [0.3, 0.4) is 0 Å². The Bertz CT molecular complexity index is 2950. The summed E-state index contributed by atoms with van der Waals surface area (Å²) in [6.45, 7) is 0. The van der Waals surface area contributed by atoms with Gasteiger partial charge in [-0.15, -0.1) is 0 Å². The smallest absolute Gasteiger partial charge is 0.164 e. The van der Waals surface area contributed by atoms with Crippen LogP contribution in [-0.4, -0.2) is 24.1 Å². The van der Waals surface area contributed by atoms with Crippen molar-refractivity contribution in [1.29, 1.82) is 5.26 Å². The molecule has 6 heteroatoms. The van der Waals surface area contributed by atoms with Crippen molar-refractivity contribution in [1.82, 2.24) is 24.1 Å². The van der Waals surface area contributed by atoms with Gasteiger partial charge in [0.2, 0.25) is 0 Å². The molecule has 52 heavy (non-hydrogen) atoms. The van der Waals surface area contributed by atoms with Crippen molar-refractivity contribution in [3.63, 3.8) is 0 Å². The van der Waals surface area contributed by atoms with Crippen molar-refractivity contribution in [3.8, 4) is 51.6 Å². The summed E-state index contributed by atoms with van der Waals surface area (Å²) < 4.78 is 4.70. The molecule has 0 aliphatic rings. The first kappa shape index (κ1) is 29.5. The number of para-hydroxylation sites is 3. The molecule has 0 saturated heterocycles. The predicted octanol–water partition coefficient (Wildman–Crippen LogP) is 10.9. The van der Waals surface area contributed by atoms with Crippen LogP contribution in [0.15, 0.2) is 170 Å². The minimum absolute atomic E-state index is 0.555. The molecule has 0 bridgehead atoms. The van der Waals surface area contributed by atoms with E-state index in [0.29, 0.717) is 23.0 Å². The highest BCUT2D eigenvalue weighted by Gasteiger charge is 2.17. The Morgan fingerprint density at radius 3 is 1.31 bits per heavy atom. The summed E-state index contributed by atoms with van der Waals surface area (Å²) in [5.74, 6) is 1.73. The predicted molar refractivity (Wildman–Crippen MR) is 210 cm³/mol. The first-order valence-corrected chi connectivity index (χ1v) is 17.2. The van der Waals surface area contributed by atoms with Gasteiger partial charge < -0.3 is 9.13 Å². The van der Waals surface area contributed by atoms with Crippen LogP contribution in [0.2, 0.25) is 0 Å². The lowest BCUT2D eigenvalue weighted by Gasteiger charge is -2.11. The highest BCUT2D eigenvalue weighted by Crippen LogP contribution is 2.37. The van der Waals surface area contributed by atoms with Crippen molar-refractivity contribution >= 4 is 43.6 Å². The third kappa shape index (κ3) is 4.76. The summed E-state index contributed by atoms with van der Waals surface area (Å²) in [5, 5.41) is 14.2. The van der Waals surface area contributed by atoms with E-state index in [2.05, 4.69) is 130 Å². The topological polar surface area (TPSA) is 72.3 Å². The minimum atomic E-state index is 0.555. The summed E-state index contributed by atoms with van der Waals surface area (Å²) in [7, 11) is 0. The van der Waals surface area contributed by atoms with E-state index in [1.807, 2.05) is 42.5 Å². The molecule has 7 aromatic carbocycles. The van der Waals surface area contributed by atoms with Crippen LogP contribution in [0.5, 0.6) is 0 Å². The summed E-state index contributed by atoms with van der Waals surface area (Å²) >= 11 is 0. The molecule has 0 radical (unpaired) electrons. The molecule has 0 unspecified atom stereocenters. The average Bonchev–Trinajstić information content (AvgIpc) is 3.74. The second-order valence-corrected chi connectivity index (χ2v) is 12.8. The van der Waals surface area contributed by atoms with Gasteiger partial charge in [0.25, 0.3) is 0 Å². The third-order valence-corrected chi connectivity index (χ3v) is 9.82. The van der Waals surface area contributed by atoms with E-state index in [0.717, 1.165) is 39.1 Å². The van der Waals surface area contributed by atoms with Gasteiger partial charge in [0.15, 0.2) is 17.5 Å². The molecule has 0 fully saturated rings. The fourth-order valence-electron chi connectivity index (χ4n) is 7.38. The van der Waals surface area contributed by atoms with E-state index in [1.54, 1.807) is 12.1 Å². The maximum absolute atomic E-state index is 9.32. The SMILES string of the molecule is N#Cc1ccc(-c2nc(-c3ccccc3)nc(-c3ccc(-n4c5ccccc5c5cc(-n6c7ccccc7c7ccccc76)ccc54)cc3)n2)cc1. The van der Waals surface area contributed by atoms with E-state index in [-0.39, 0.29) is 0 Å². The zero-order valence-corrected chi connectivity index (χ0v) is 27.8. The molecule has 3 aromatic heterocycles. The molecule has 0 amide bonds. The van der Waals surface area contributed by atoms with Crippen LogP contribution in [-0.2, 0) is 0 Å². The Balaban J connectivity index is 1.10. The van der Waals surface area contributed by atoms with E-state index in [9.17, 15) is 5.26 Å². The maximum Gasteiger partial charge on any atom is 0.164 e. The lowest BCUT2D eigenvalue weighted by molar-refractivity contribution is 1.07. The van der Waals surface area contributed by atoms with E-state index in [1.165, 1.54) is 32.6 Å². The number of nitriles is 1. The molecule has 10 rings (SSSR count). The lowest BCUT2D eigenvalue weighted by atomic mass is 10.1. The van der Waals surface area contributed by atoms with Gasteiger partial charge in [0.1, 0.15) is 0 Å². The summed E-state index contributed by atoms with van der Waals surface area (Å²) in [6, 6.07) is 60.5. The quantitative estimate of drug-likeness (QED) is 0.184. The molecule has 3 heterocycles. The molecule has 242 valence electrons. The third-order valence-electron chi connectivity index (χ3n) is 9.82. The number of nitrogens with zero attached hydrogens (tertiary/aromatic N) is 6. The second-order valence-electron chi connectivity index (χ2n) is 12.8. The Morgan fingerprint density at radius 1 is 0.365 bits per heavy atom. The summed E-state index contributed by atoms with van der Waals surface area (Å²) in [4.78, 5) is 14.7.